The Balaban J connectivity index is 2.33. The first-order valence-electron chi connectivity index (χ1n) is 5.49. The van der Waals surface area contributed by atoms with Gasteiger partial charge in [-0.3, -0.25) is 0 Å². The standard InChI is InChI=1S/C13H11N3O2/c1-16-7-15-11(13(17)18)12(16)9-6-14-10-5-3-2-4-8(9)10/h2-7,14H,1H3,(H,17,18). The van der Waals surface area contributed by atoms with Crippen LogP contribution in [0.3, 0.4) is 0 Å². The van der Waals surface area contributed by atoms with Crippen molar-refractivity contribution in [3.8, 4) is 11.3 Å². The minimum absolute atomic E-state index is 0.0715. The molecule has 0 saturated carbocycles. The van der Waals surface area contributed by atoms with Gasteiger partial charge in [-0.2, -0.15) is 0 Å². The number of hydrogen-bond donors (Lipinski definition) is 2. The van der Waals surface area contributed by atoms with Gasteiger partial charge in [0.05, 0.1) is 12.0 Å². The van der Waals surface area contributed by atoms with Gasteiger partial charge in [0, 0.05) is 29.7 Å². The van der Waals surface area contributed by atoms with E-state index in [1.807, 2.05) is 30.5 Å². The van der Waals surface area contributed by atoms with E-state index in [0.29, 0.717) is 5.69 Å². The molecule has 0 bridgehead atoms. The molecule has 1 aromatic carbocycles. The summed E-state index contributed by atoms with van der Waals surface area (Å²) in [4.78, 5) is 18.2. The molecule has 0 unspecified atom stereocenters. The predicted octanol–water partition coefficient (Wildman–Crippen LogP) is 2.27. The minimum atomic E-state index is -1.02. The lowest BCUT2D eigenvalue weighted by atomic mass is 10.1. The highest BCUT2D eigenvalue weighted by Crippen LogP contribution is 2.30. The highest BCUT2D eigenvalue weighted by molar-refractivity contribution is 6.01. The van der Waals surface area contributed by atoms with E-state index in [1.54, 1.807) is 11.6 Å². The van der Waals surface area contributed by atoms with Crippen molar-refractivity contribution in [1.29, 1.82) is 0 Å². The van der Waals surface area contributed by atoms with E-state index in [4.69, 9.17) is 5.11 Å². The number of imidazole rings is 1. The van der Waals surface area contributed by atoms with Crippen molar-refractivity contribution >= 4 is 16.9 Å². The summed E-state index contributed by atoms with van der Waals surface area (Å²) >= 11 is 0. The van der Waals surface area contributed by atoms with Crippen LogP contribution in [0.1, 0.15) is 10.5 Å². The molecule has 2 aromatic heterocycles. The Morgan fingerprint density at radius 3 is 2.94 bits per heavy atom. The van der Waals surface area contributed by atoms with Crippen LogP contribution in [0.5, 0.6) is 0 Å². The summed E-state index contributed by atoms with van der Waals surface area (Å²) < 4.78 is 1.72. The molecule has 0 fully saturated rings. The fourth-order valence-electron chi connectivity index (χ4n) is 2.17. The van der Waals surface area contributed by atoms with E-state index in [-0.39, 0.29) is 5.69 Å². The second-order valence-corrected chi connectivity index (χ2v) is 4.11. The molecule has 0 aliphatic carbocycles. The lowest BCUT2D eigenvalue weighted by molar-refractivity contribution is 0.0692. The van der Waals surface area contributed by atoms with Crippen molar-refractivity contribution in [3.63, 3.8) is 0 Å². The van der Waals surface area contributed by atoms with Crippen LogP contribution in [0, 0.1) is 0 Å². The summed E-state index contributed by atoms with van der Waals surface area (Å²) in [6.07, 6.45) is 3.33. The van der Waals surface area contributed by atoms with Crippen LogP contribution >= 0.6 is 0 Å². The van der Waals surface area contributed by atoms with Crippen LogP contribution in [0.15, 0.2) is 36.8 Å². The van der Waals surface area contributed by atoms with Gasteiger partial charge >= 0.3 is 5.97 Å². The number of aromatic amines is 1. The Bertz CT molecular complexity index is 740. The van der Waals surface area contributed by atoms with Gasteiger partial charge in [0.25, 0.3) is 0 Å². The summed E-state index contributed by atoms with van der Waals surface area (Å²) in [5.41, 5.74) is 2.51. The Morgan fingerprint density at radius 1 is 1.39 bits per heavy atom. The zero-order valence-corrected chi connectivity index (χ0v) is 9.71. The topological polar surface area (TPSA) is 70.9 Å². The van der Waals surface area contributed by atoms with Crippen molar-refractivity contribution in [2.45, 2.75) is 0 Å². The molecule has 0 saturated heterocycles. The van der Waals surface area contributed by atoms with Crippen molar-refractivity contribution in [3.05, 3.63) is 42.5 Å². The van der Waals surface area contributed by atoms with Crippen molar-refractivity contribution in [2.24, 2.45) is 7.05 Å². The minimum Gasteiger partial charge on any atom is -0.476 e. The number of aryl methyl sites for hydroxylation is 1. The molecule has 0 atom stereocenters. The number of rotatable bonds is 2. The van der Waals surface area contributed by atoms with Gasteiger partial charge in [0.15, 0.2) is 5.69 Å². The summed E-state index contributed by atoms with van der Waals surface area (Å²) in [7, 11) is 1.79. The fraction of sp³-hybridized carbons (Fsp3) is 0.0769. The number of nitrogens with zero attached hydrogens (tertiary/aromatic N) is 2. The molecule has 5 nitrogen and oxygen atoms in total. The van der Waals surface area contributed by atoms with Crippen molar-refractivity contribution in [1.82, 2.24) is 14.5 Å². The molecule has 0 spiro atoms. The third-order valence-corrected chi connectivity index (χ3v) is 2.98. The van der Waals surface area contributed by atoms with Gasteiger partial charge in [-0.25, -0.2) is 9.78 Å². The second-order valence-electron chi connectivity index (χ2n) is 4.11. The lowest BCUT2D eigenvalue weighted by Crippen LogP contribution is -2.00. The van der Waals surface area contributed by atoms with E-state index in [9.17, 15) is 4.79 Å². The average Bonchev–Trinajstić information content (AvgIpc) is 2.92. The van der Waals surface area contributed by atoms with Gasteiger partial charge in [0.2, 0.25) is 0 Å². The molecule has 0 aliphatic heterocycles. The Kier molecular flexibility index (Phi) is 2.19. The molecule has 0 aliphatic rings. The Morgan fingerprint density at radius 2 is 2.17 bits per heavy atom. The van der Waals surface area contributed by atoms with Gasteiger partial charge in [0.1, 0.15) is 0 Å². The zero-order chi connectivity index (χ0) is 12.7. The highest BCUT2D eigenvalue weighted by atomic mass is 16.4. The number of para-hydroxylation sites is 1. The number of benzene rings is 1. The van der Waals surface area contributed by atoms with Gasteiger partial charge in [-0.05, 0) is 6.07 Å². The molecular formula is C13H11N3O2. The van der Waals surface area contributed by atoms with Crippen LogP contribution in [0.4, 0.5) is 0 Å². The van der Waals surface area contributed by atoms with Gasteiger partial charge in [-0.15, -0.1) is 0 Å². The maximum absolute atomic E-state index is 11.2. The molecule has 18 heavy (non-hydrogen) atoms. The number of carbonyl (C=O) groups is 1. The summed E-state index contributed by atoms with van der Waals surface area (Å²) in [5.74, 6) is -1.02. The van der Waals surface area contributed by atoms with Crippen molar-refractivity contribution < 1.29 is 9.90 Å². The molecule has 3 aromatic rings. The number of aromatic carboxylic acids is 1. The molecule has 5 heteroatoms. The summed E-state index contributed by atoms with van der Waals surface area (Å²) in [6, 6.07) is 7.77. The molecular weight excluding hydrogens is 230 g/mol. The summed E-state index contributed by atoms with van der Waals surface area (Å²) in [6.45, 7) is 0. The maximum atomic E-state index is 11.2. The molecule has 0 radical (unpaired) electrons. The first kappa shape index (κ1) is 10.6. The van der Waals surface area contributed by atoms with Gasteiger partial charge < -0.3 is 14.7 Å². The number of carboxylic acids is 1. The molecule has 0 amide bonds. The Labute approximate surface area is 103 Å². The van der Waals surface area contributed by atoms with E-state index >= 15 is 0 Å². The number of hydrogen-bond acceptors (Lipinski definition) is 2. The SMILES string of the molecule is Cn1cnc(C(=O)O)c1-c1c[nH]c2ccccc12. The number of nitrogens with one attached hydrogen (secondary N) is 1. The average molecular weight is 241 g/mol. The van der Waals surface area contributed by atoms with Crippen LogP contribution in [0.2, 0.25) is 0 Å². The van der Waals surface area contributed by atoms with E-state index in [0.717, 1.165) is 16.5 Å². The highest BCUT2D eigenvalue weighted by Gasteiger charge is 2.19. The quantitative estimate of drug-likeness (QED) is 0.723. The fourth-order valence-corrected chi connectivity index (χ4v) is 2.17. The monoisotopic (exact) mass is 241 g/mol. The molecule has 90 valence electrons. The second kappa shape index (κ2) is 3.73. The van der Waals surface area contributed by atoms with E-state index in [1.165, 1.54) is 6.33 Å². The Hall–Kier alpha value is -2.56. The summed E-state index contributed by atoms with van der Waals surface area (Å²) in [5, 5.41) is 10.2. The first-order valence-corrected chi connectivity index (χ1v) is 5.49. The van der Waals surface area contributed by atoms with Crippen LogP contribution in [-0.2, 0) is 7.05 Å². The third kappa shape index (κ3) is 1.41. The largest absolute Gasteiger partial charge is 0.476 e. The number of fused-ring (bicyclic) bond motifs is 1. The normalized spacial score (nSPS) is 10.9. The van der Waals surface area contributed by atoms with E-state index < -0.39 is 5.97 Å². The van der Waals surface area contributed by atoms with E-state index in [2.05, 4.69) is 9.97 Å². The third-order valence-electron chi connectivity index (χ3n) is 2.98. The first-order chi connectivity index (χ1) is 8.68. The predicted molar refractivity (Wildman–Crippen MR) is 67.5 cm³/mol. The number of carboxylic acid groups (broad SMARTS) is 1. The molecule has 2 heterocycles. The van der Waals surface area contributed by atoms with Crippen LogP contribution in [-0.4, -0.2) is 25.6 Å². The maximum Gasteiger partial charge on any atom is 0.356 e. The van der Waals surface area contributed by atoms with Crippen LogP contribution in [0.25, 0.3) is 22.2 Å². The lowest BCUT2D eigenvalue weighted by Gasteiger charge is -2.02. The molecule has 2 N–H and O–H groups in total. The van der Waals surface area contributed by atoms with Crippen LogP contribution < -0.4 is 0 Å². The number of H-pyrrole nitrogens is 1. The smallest absolute Gasteiger partial charge is 0.356 e. The molecule has 3 rings (SSSR count). The van der Waals surface area contributed by atoms with Crippen molar-refractivity contribution in [2.75, 3.05) is 0 Å². The number of aromatic nitrogens is 3. The van der Waals surface area contributed by atoms with Gasteiger partial charge in [-0.1, -0.05) is 18.2 Å². The zero-order valence-electron chi connectivity index (χ0n) is 9.71.